The van der Waals surface area contributed by atoms with Gasteiger partial charge in [-0.15, -0.1) is 0 Å². The van der Waals surface area contributed by atoms with Crippen LogP contribution in [-0.2, 0) is 9.53 Å². The second kappa shape index (κ2) is 5.97. The van der Waals surface area contributed by atoms with Gasteiger partial charge in [0.15, 0.2) is 0 Å². The smallest absolute Gasteiger partial charge is 0.325 e. The molecule has 0 radical (unpaired) electrons. The van der Waals surface area contributed by atoms with Gasteiger partial charge in [-0.3, -0.25) is 4.79 Å². The first-order valence-corrected chi connectivity index (χ1v) is 5.00. The first-order chi connectivity index (χ1) is 6.04. The van der Waals surface area contributed by atoms with Gasteiger partial charge in [0.1, 0.15) is 5.54 Å². The van der Waals surface area contributed by atoms with Crippen LogP contribution in [0.15, 0.2) is 0 Å². The number of unbranched alkanes of at least 4 members (excludes halogenated alkanes) is 1. The Balaban J connectivity index is 3.80. The molecule has 0 fully saturated rings. The SMILES string of the molecule is CCCCOC(=O)C(C)(N)CCC. The second-order valence-corrected chi connectivity index (χ2v) is 3.66. The first-order valence-electron chi connectivity index (χ1n) is 5.00. The summed E-state index contributed by atoms with van der Waals surface area (Å²) < 4.78 is 5.04. The lowest BCUT2D eigenvalue weighted by Gasteiger charge is -2.21. The lowest BCUT2D eigenvalue weighted by atomic mass is 9.98. The number of hydrogen-bond donors (Lipinski definition) is 1. The fraction of sp³-hybridized carbons (Fsp3) is 0.900. The zero-order valence-corrected chi connectivity index (χ0v) is 8.93. The Labute approximate surface area is 80.6 Å². The van der Waals surface area contributed by atoms with Crippen LogP contribution in [-0.4, -0.2) is 18.1 Å². The van der Waals surface area contributed by atoms with Crippen LogP contribution >= 0.6 is 0 Å². The summed E-state index contributed by atoms with van der Waals surface area (Å²) in [6.07, 6.45) is 3.52. The fourth-order valence-electron chi connectivity index (χ4n) is 1.10. The molecule has 0 aliphatic carbocycles. The molecule has 0 rings (SSSR count). The van der Waals surface area contributed by atoms with Crippen LogP contribution in [0, 0.1) is 0 Å². The minimum Gasteiger partial charge on any atom is -0.464 e. The van der Waals surface area contributed by atoms with E-state index in [1.165, 1.54) is 0 Å². The third-order valence-corrected chi connectivity index (χ3v) is 1.97. The molecule has 0 aromatic heterocycles. The highest BCUT2D eigenvalue weighted by molar-refractivity contribution is 5.79. The van der Waals surface area contributed by atoms with E-state index in [4.69, 9.17) is 10.5 Å². The van der Waals surface area contributed by atoms with Crippen molar-refractivity contribution >= 4 is 5.97 Å². The molecule has 0 saturated carbocycles. The number of hydrogen-bond acceptors (Lipinski definition) is 3. The van der Waals surface area contributed by atoms with Crippen LogP contribution in [0.2, 0.25) is 0 Å². The summed E-state index contributed by atoms with van der Waals surface area (Å²) >= 11 is 0. The molecule has 0 aromatic carbocycles. The van der Waals surface area contributed by atoms with Crippen LogP contribution in [0.5, 0.6) is 0 Å². The molecule has 0 amide bonds. The Bertz CT molecular complexity index is 155. The average Bonchev–Trinajstić information content (AvgIpc) is 2.04. The molecule has 2 N–H and O–H groups in total. The maximum absolute atomic E-state index is 11.4. The molecular formula is C10H21NO2. The second-order valence-electron chi connectivity index (χ2n) is 3.66. The quantitative estimate of drug-likeness (QED) is 0.510. The molecule has 0 aromatic rings. The van der Waals surface area contributed by atoms with Crippen molar-refractivity contribution in [2.75, 3.05) is 6.61 Å². The maximum atomic E-state index is 11.4. The Morgan fingerprint density at radius 2 is 2.00 bits per heavy atom. The third kappa shape index (κ3) is 4.88. The zero-order valence-electron chi connectivity index (χ0n) is 8.93. The predicted molar refractivity (Wildman–Crippen MR) is 53.4 cm³/mol. The molecule has 1 atom stereocenters. The van der Waals surface area contributed by atoms with Crippen molar-refractivity contribution in [1.82, 2.24) is 0 Å². The van der Waals surface area contributed by atoms with E-state index in [2.05, 4.69) is 6.92 Å². The number of ether oxygens (including phenoxy) is 1. The Morgan fingerprint density at radius 1 is 1.38 bits per heavy atom. The normalized spacial score (nSPS) is 15.1. The van der Waals surface area contributed by atoms with Gasteiger partial charge in [-0.25, -0.2) is 0 Å². The first kappa shape index (κ1) is 12.4. The van der Waals surface area contributed by atoms with E-state index in [0.717, 1.165) is 19.3 Å². The van der Waals surface area contributed by atoms with Gasteiger partial charge in [0.25, 0.3) is 0 Å². The van der Waals surface area contributed by atoms with Crippen molar-refractivity contribution in [1.29, 1.82) is 0 Å². The molecule has 0 bridgehead atoms. The highest BCUT2D eigenvalue weighted by Gasteiger charge is 2.28. The van der Waals surface area contributed by atoms with Gasteiger partial charge in [0.2, 0.25) is 0 Å². The molecule has 13 heavy (non-hydrogen) atoms. The summed E-state index contributed by atoms with van der Waals surface area (Å²) in [5.41, 5.74) is 4.98. The highest BCUT2D eigenvalue weighted by Crippen LogP contribution is 2.10. The van der Waals surface area contributed by atoms with Gasteiger partial charge in [-0.1, -0.05) is 26.7 Å². The minimum absolute atomic E-state index is 0.275. The number of carbonyl (C=O) groups is 1. The van der Waals surface area contributed by atoms with Gasteiger partial charge in [-0.2, -0.15) is 0 Å². The van der Waals surface area contributed by atoms with Crippen LogP contribution in [0.1, 0.15) is 46.5 Å². The summed E-state index contributed by atoms with van der Waals surface area (Å²) in [5, 5.41) is 0. The van der Waals surface area contributed by atoms with Crippen molar-refractivity contribution in [3.8, 4) is 0 Å². The molecule has 0 saturated heterocycles. The summed E-state index contributed by atoms with van der Waals surface area (Å²) in [6.45, 7) is 6.28. The van der Waals surface area contributed by atoms with E-state index in [-0.39, 0.29) is 5.97 Å². The van der Waals surface area contributed by atoms with E-state index in [0.29, 0.717) is 13.0 Å². The van der Waals surface area contributed by atoms with E-state index in [1.54, 1.807) is 6.92 Å². The van der Waals surface area contributed by atoms with Gasteiger partial charge >= 0.3 is 5.97 Å². The number of rotatable bonds is 6. The molecule has 1 unspecified atom stereocenters. The van der Waals surface area contributed by atoms with Crippen LogP contribution in [0.25, 0.3) is 0 Å². The number of nitrogens with two attached hydrogens (primary N) is 1. The Kier molecular flexibility index (Phi) is 5.71. The minimum atomic E-state index is -0.803. The van der Waals surface area contributed by atoms with Gasteiger partial charge < -0.3 is 10.5 Å². The standard InChI is InChI=1S/C10H21NO2/c1-4-6-8-13-9(12)10(3,11)7-5-2/h4-8,11H2,1-3H3. The summed E-state index contributed by atoms with van der Waals surface area (Å²) in [5.74, 6) is -0.275. The van der Waals surface area contributed by atoms with Crippen LogP contribution < -0.4 is 5.73 Å². The molecule has 3 nitrogen and oxygen atoms in total. The van der Waals surface area contributed by atoms with Crippen LogP contribution in [0.4, 0.5) is 0 Å². The van der Waals surface area contributed by atoms with Crippen LogP contribution in [0.3, 0.4) is 0 Å². The van der Waals surface area contributed by atoms with Gasteiger partial charge in [-0.05, 0) is 19.8 Å². The average molecular weight is 187 g/mol. The van der Waals surface area contributed by atoms with Crippen molar-refractivity contribution < 1.29 is 9.53 Å². The largest absolute Gasteiger partial charge is 0.464 e. The fourth-order valence-corrected chi connectivity index (χ4v) is 1.10. The zero-order chi connectivity index (χ0) is 10.3. The van der Waals surface area contributed by atoms with Crippen molar-refractivity contribution in [2.45, 2.75) is 52.0 Å². The van der Waals surface area contributed by atoms with Gasteiger partial charge in [0, 0.05) is 0 Å². The maximum Gasteiger partial charge on any atom is 0.325 e. The van der Waals surface area contributed by atoms with Crippen molar-refractivity contribution in [3.05, 3.63) is 0 Å². The number of esters is 1. The van der Waals surface area contributed by atoms with E-state index < -0.39 is 5.54 Å². The Morgan fingerprint density at radius 3 is 2.46 bits per heavy atom. The van der Waals surface area contributed by atoms with E-state index in [1.807, 2.05) is 6.92 Å². The summed E-state index contributed by atoms with van der Waals surface area (Å²) in [7, 11) is 0. The lowest BCUT2D eigenvalue weighted by molar-refractivity contribution is -0.149. The molecule has 0 aliphatic rings. The lowest BCUT2D eigenvalue weighted by Crippen LogP contribution is -2.46. The molecule has 3 heteroatoms. The molecule has 0 spiro atoms. The molecule has 0 heterocycles. The molecule has 78 valence electrons. The predicted octanol–water partition coefficient (Wildman–Crippen LogP) is 1.85. The van der Waals surface area contributed by atoms with E-state index >= 15 is 0 Å². The third-order valence-electron chi connectivity index (χ3n) is 1.97. The number of carbonyl (C=O) groups excluding carboxylic acids is 1. The Hall–Kier alpha value is -0.570. The van der Waals surface area contributed by atoms with Crippen molar-refractivity contribution in [3.63, 3.8) is 0 Å². The monoisotopic (exact) mass is 187 g/mol. The summed E-state index contributed by atoms with van der Waals surface area (Å²) in [4.78, 5) is 11.4. The molecular weight excluding hydrogens is 166 g/mol. The van der Waals surface area contributed by atoms with Gasteiger partial charge in [0.05, 0.1) is 6.61 Å². The van der Waals surface area contributed by atoms with E-state index in [9.17, 15) is 4.79 Å². The summed E-state index contributed by atoms with van der Waals surface area (Å²) in [6, 6.07) is 0. The highest BCUT2D eigenvalue weighted by atomic mass is 16.5. The topological polar surface area (TPSA) is 52.3 Å². The van der Waals surface area contributed by atoms with Crippen molar-refractivity contribution in [2.24, 2.45) is 5.73 Å². The molecule has 0 aliphatic heterocycles.